The SMILES string of the molecule is COc1ccc(CNC(=O)CNC(=O)Cc2ccccc2F)cc1. The number of hydrogen-bond donors (Lipinski definition) is 2. The van der Waals surface area contributed by atoms with Crippen LogP contribution in [0.5, 0.6) is 5.75 Å². The van der Waals surface area contributed by atoms with Gasteiger partial charge < -0.3 is 15.4 Å². The number of ether oxygens (including phenoxy) is 1. The first kappa shape index (κ1) is 17.5. The van der Waals surface area contributed by atoms with E-state index in [2.05, 4.69) is 10.6 Å². The van der Waals surface area contributed by atoms with Crippen molar-refractivity contribution in [1.29, 1.82) is 0 Å². The molecule has 0 unspecified atom stereocenters. The lowest BCUT2D eigenvalue weighted by atomic mass is 10.1. The molecular weight excluding hydrogens is 311 g/mol. The summed E-state index contributed by atoms with van der Waals surface area (Å²) in [4.78, 5) is 23.5. The molecule has 24 heavy (non-hydrogen) atoms. The molecule has 0 saturated carbocycles. The lowest BCUT2D eigenvalue weighted by Crippen LogP contribution is -2.37. The first-order valence-corrected chi connectivity index (χ1v) is 7.48. The highest BCUT2D eigenvalue weighted by Gasteiger charge is 2.09. The van der Waals surface area contributed by atoms with Crippen molar-refractivity contribution in [1.82, 2.24) is 10.6 Å². The highest BCUT2D eigenvalue weighted by molar-refractivity contribution is 5.85. The number of rotatable bonds is 7. The molecular formula is C18H19FN2O3. The molecule has 0 spiro atoms. The summed E-state index contributed by atoms with van der Waals surface area (Å²) in [6.45, 7) is 0.204. The van der Waals surface area contributed by atoms with Gasteiger partial charge in [-0.25, -0.2) is 4.39 Å². The molecule has 2 rings (SSSR count). The van der Waals surface area contributed by atoms with E-state index in [1.807, 2.05) is 12.1 Å². The molecule has 0 aliphatic rings. The van der Waals surface area contributed by atoms with Gasteiger partial charge in [0.25, 0.3) is 0 Å². The van der Waals surface area contributed by atoms with Crippen LogP contribution in [0.15, 0.2) is 48.5 Å². The summed E-state index contributed by atoms with van der Waals surface area (Å²) < 4.78 is 18.5. The maximum absolute atomic E-state index is 13.4. The van der Waals surface area contributed by atoms with E-state index in [-0.39, 0.29) is 18.9 Å². The third-order valence-electron chi connectivity index (χ3n) is 3.40. The fourth-order valence-electron chi connectivity index (χ4n) is 2.06. The number of carbonyl (C=O) groups is 2. The van der Waals surface area contributed by atoms with Crippen molar-refractivity contribution in [3.05, 3.63) is 65.5 Å². The molecule has 2 amide bonds. The Bertz CT molecular complexity index is 702. The zero-order valence-electron chi connectivity index (χ0n) is 13.3. The molecule has 5 nitrogen and oxygen atoms in total. The van der Waals surface area contributed by atoms with Crippen LogP contribution in [0.3, 0.4) is 0 Å². The molecule has 0 fully saturated rings. The molecule has 2 aromatic carbocycles. The standard InChI is InChI=1S/C18H19FN2O3/c1-24-15-8-6-13(7-9-15)11-20-18(23)12-21-17(22)10-14-4-2-3-5-16(14)19/h2-9H,10-12H2,1H3,(H,20,23)(H,21,22). The second kappa shape index (κ2) is 8.67. The molecule has 0 bridgehead atoms. The van der Waals surface area contributed by atoms with Gasteiger partial charge in [0.05, 0.1) is 20.1 Å². The van der Waals surface area contributed by atoms with Gasteiger partial charge >= 0.3 is 0 Å². The number of methoxy groups -OCH3 is 1. The zero-order chi connectivity index (χ0) is 17.4. The van der Waals surface area contributed by atoms with Crippen molar-refractivity contribution in [2.75, 3.05) is 13.7 Å². The normalized spacial score (nSPS) is 10.1. The average molecular weight is 330 g/mol. The van der Waals surface area contributed by atoms with Gasteiger partial charge in [-0.1, -0.05) is 30.3 Å². The summed E-state index contributed by atoms with van der Waals surface area (Å²) in [6.07, 6.45) is -0.0988. The smallest absolute Gasteiger partial charge is 0.239 e. The van der Waals surface area contributed by atoms with E-state index < -0.39 is 11.7 Å². The molecule has 6 heteroatoms. The Morgan fingerprint density at radius 1 is 1.00 bits per heavy atom. The van der Waals surface area contributed by atoms with E-state index in [0.29, 0.717) is 12.1 Å². The summed E-state index contributed by atoms with van der Waals surface area (Å²) in [7, 11) is 1.58. The molecule has 0 atom stereocenters. The van der Waals surface area contributed by atoms with Crippen molar-refractivity contribution in [3.63, 3.8) is 0 Å². The molecule has 0 radical (unpaired) electrons. The molecule has 0 aliphatic heterocycles. The fraction of sp³-hybridized carbons (Fsp3) is 0.222. The lowest BCUT2D eigenvalue weighted by Gasteiger charge is -2.08. The van der Waals surface area contributed by atoms with Gasteiger partial charge in [0, 0.05) is 6.54 Å². The second-order valence-corrected chi connectivity index (χ2v) is 5.17. The Morgan fingerprint density at radius 3 is 2.38 bits per heavy atom. The van der Waals surface area contributed by atoms with Crippen LogP contribution in [0.2, 0.25) is 0 Å². The molecule has 126 valence electrons. The van der Waals surface area contributed by atoms with Crippen LogP contribution in [0.1, 0.15) is 11.1 Å². The number of benzene rings is 2. The number of halogens is 1. The van der Waals surface area contributed by atoms with Crippen LogP contribution < -0.4 is 15.4 Å². The van der Waals surface area contributed by atoms with E-state index in [4.69, 9.17) is 4.74 Å². The van der Waals surface area contributed by atoms with Gasteiger partial charge in [-0.05, 0) is 29.3 Å². The predicted molar refractivity (Wildman–Crippen MR) is 88.0 cm³/mol. The van der Waals surface area contributed by atoms with Crippen LogP contribution in [0.4, 0.5) is 4.39 Å². The van der Waals surface area contributed by atoms with Crippen molar-refractivity contribution in [2.45, 2.75) is 13.0 Å². The minimum atomic E-state index is -0.434. The Hall–Kier alpha value is -2.89. The fourth-order valence-corrected chi connectivity index (χ4v) is 2.06. The van der Waals surface area contributed by atoms with E-state index >= 15 is 0 Å². The van der Waals surface area contributed by atoms with E-state index in [9.17, 15) is 14.0 Å². The number of hydrogen-bond acceptors (Lipinski definition) is 3. The summed E-state index contributed by atoms with van der Waals surface area (Å²) in [5.41, 5.74) is 1.22. The van der Waals surface area contributed by atoms with E-state index in [1.165, 1.54) is 6.07 Å². The Balaban J connectivity index is 1.72. The molecule has 0 aliphatic carbocycles. The van der Waals surface area contributed by atoms with Crippen LogP contribution >= 0.6 is 0 Å². The summed E-state index contributed by atoms with van der Waals surface area (Å²) >= 11 is 0. The average Bonchev–Trinajstić information content (AvgIpc) is 2.60. The van der Waals surface area contributed by atoms with Crippen LogP contribution in [-0.2, 0) is 22.6 Å². The number of nitrogens with one attached hydrogen (secondary N) is 2. The second-order valence-electron chi connectivity index (χ2n) is 5.17. The Morgan fingerprint density at radius 2 is 1.71 bits per heavy atom. The van der Waals surface area contributed by atoms with Gasteiger partial charge in [-0.2, -0.15) is 0 Å². The molecule has 2 aromatic rings. The maximum Gasteiger partial charge on any atom is 0.239 e. The third kappa shape index (κ3) is 5.39. The van der Waals surface area contributed by atoms with Gasteiger partial charge in [-0.3, -0.25) is 9.59 Å². The highest BCUT2D eigenvalue weighted by Crippen LogP contribution is 2.10. The largest absolute Gasteiger partial charge is 0.497 e. The Labute approximate surface area is 139 Å². The molecule has 0 heterocycles. The quantitative estimate of drug-likeness (QED) is 0.814. The molecule has 0 aromatic heterocycles. The van der Waals surface area contributed by atoms with Crippen LogP contribution in [-0.4, -0.2) is 25.5 Å². The lowest BCUT2D eigenvalue weighted by molar-refractivity contribution is -0.125. The number of carbonyl (C=O) groups excluding carboxylic acids is 2. The van der Waals surface area contributed by atoms with Crippen molar-refractivity contribution in [2.24, 2.45) is 0 Å². The van der Waals surface area contributed by atoms with Gasteiger partial charge in [0.2, 0.25) is 11.8 Å². The van der Waals surface area contributed by atoms with Gasteiger partial charge in [0.15, 0.2) is 0 Å². The zero-order valence-corrected chi connectivity index (χ0v) is 13.3. The van der Waals surface area contributed by atoms with Crippen LogP contribution in [0, 0.1) is 5.82 Å². The topological polar surface area (TPSA) is 67.4 Å². The monoisotopic (exact) mass is 330 g/mol. The van der Waals surface area contributed by atoms with Gasteiger partial charge in [0.1, 0.15) is 11.6 Å². The first-order valence-electron chi connectivity index (χ1n) is 7.48. The van der Waals surface area contributed by atoms with Crippen molar-refractivity contribution >= 4 is 11.8 Å². The van der Waals surface area contributed by atoms with Gasteiger partial charge in [-0.15, -0.1) is 0 Å². The summed E-state index contributed by atoms with van der Waals surface area (Å²) in [6, 6.07) is 13.3. The van der Waals surface area contributed by atoms with E-state index in [1.54, 1.807) is 37.4 Å². The summed E-state index contributed by atoms with van der Waals surface area (Å²) in [5, 5.41) is 5.17. The first-order chi connectivity index (χ1) is 11.6. The van der Waals surface area contributed by atoms with Crippen molar-refractivity contribution in [3.8, 4) is 5.75 Å². The minimum absolute atomic E-state index is 0.0988. The van der Waals surface area contributed by atoms with E-state index in [0.717, 1.165) is 11.3 Å². The van der Waals surface area contributed by atoms with Crippen molar-refractivity contribution < 1.29 is 18.7 Å². The number of amides is 2. The highest BCUT2D eigenvalue weighted by atomic mass is 19.1. The van der Waals surface area contributed by atoms with Crippen LogP contribution in [0.25, 0.3) is 0 Å². The summed E-state index contributed by atoms with van der Waals surface area (Å²) in [5.74, 6) is -0.408. The Kier molecular flexibility index (Phi) is 6.31. The third-order valence-corrected chi connectivity index (χ3v) is 3.40. The maximum atomic E-state index is 13.4. The molecule has 2 N–H and O–H groups in total. The minimum Gasteiger partial charge on any atom is -0.497 e. The molecule has 0 saturated heterocycles. The predicted octanol–water partition coefficient (Wildman–Crippen LogP) is 1.81.